The van der Waals surface area contributed by atoms with E-state index in [9.17, 15) is 9.59 Å². The summed E-state index contributed by atoms with van der Waals surface area (Å²) < 4.78 is 0. The second kappa shape index (κ2) is 7.56. The molecular formula is C19H25ClN2O2. The number of likely N-dealkylation sites (tertiary alicyclic amines) is 1. The molecule has 1 aliphatic carbocycles. The van der Waals surface area contributed by atoms with Gasteiger partial charge in [-0.25, -0.2) is 0 Å². The molecule has 130 valence electrons. The van der Waals surface area contributed by atoms with Crippen LogP contribution in [0.25, 0.3) is 0 Å². The molecule has 1 aromatic rings. The Bertz CT molecular complexity index is 588. The van der Waals surface area contributed by atoms with Gasteiger partial charge in [-0.1, -0.05) is 36.6 Å². The fraction of sp³-hybridized carbons (Fsp3) is 0.579. The van der Waals surface area contributed by atoms with Gasteiger partial charge >= 0.3 is 0 Å². The highest BCUT2D eigenvalue weighted by Crippen LogP contribution is 2.47. The highest BCUT2D eigenvalue weighted by Gasteiger charge is 2.57. The van der Waals surface area contributed by atoms with Crippen molar-refractivity contribution in [1.82, 2.24) is 10.2 Å². The Hall–Kier alpha value is -1.55. The lowest BCUT2D eigenvalue weighted by Crippen LogP contribution is -2.46. The maximum atomic E-state index is 12.8. The van der Waals surface area contributed by atoms with Gasteiger partial charge in [-0.05, 0) is 49.8 Å². The van der Waals surface area contributed by atoms with Crippen LogP contribution in [0, 0.1) is 5.41 Å². The minimum Gasteiger partial charge on any atom is -0.355 e. The highest BCUT2D eigenvalue weighted by atomic mass is 35.5. The molecule has 0 radical (unpaired) electrons. The first-order chi connectivity index (χ1) is 11.6. The maximum absolute atomic E-state index is 12.8. The molecule has 1 saturated heterocycles. The third-order valence-corrected chi connectivity index (χ3v) is 5.35. The SMILES string of the molecule is O=C(NCCc1ccc(Cl)cc1)C1(C(=O)N2CCCCCC2)CC1. The summed E-state index contributed by atoms with van der Waals surface area (Å²) in [7, 11) is 0. The predicted molar refractivity (Wildman–Crippen MR) is 94.9 cm³/mol. The first kappa shape index (κ1) is 17.3. The number of carbonyl (C=O) groups excluding carboxylic acids is 2. The van der Waals surface area contributed by atoms with E-state index in [2.05, 4.69) is 5.32 Å². The van der Waals surface area contributed by atoms with Crippen molar-refractivity contribution in [2.45, 2.75) is 44.9 Å². The third-order valence-electron chi connectivity index (χ3n) is 5.10. The molecule has 24 heavy (non-hydrogen) atoms. The molecule has 0 spiro atoms. The van der Waals surface area contributed by atoms with Crippen LogP contribution in [0.3, 0.4) is 0 Å². The van der Waals surface area contributed by atoms with E-state index in [0.29, 0.717) is 24.4 Å². The van der Waals surface area contributed by atoms with Gasteiger partial charge in [0.1, 0.15) is 5.41 Å². The summed E-state index contributed by atoms with van der Waals surface area (Å²) in [6.45, 7) is 2.16. The average Bonchev–Trinajstić information content (AvgIpc) is 3.41. The van der Waals surface area contributed by atoms with Crippen molar-refractivity contribution in [1.29, 1.82) is 0 Å². The first-order valence-corrected chi connectivity index (χ1v) is 9.32. The van der Waals surface area contributed by atoms with Crippen molar-refractivity contribution in [2.24, 2.45) is 5.41 Å². The number of benzene rings is 1. The largest absolute Gasteiger partial charge is 0.355 e. The molecule has 4 nitrogen and oxygen atoms in total. The number of amides is 2. The zero-order valence-corrected chi connectivity index (χ0v) is 14.8. The molecule has 0 atom stereocenters. The van der Waals surface area contributed by atoms with E-state index in [4.69, 9.17) is 11.6 Å². The maximum Gasteiger partial charge on any atom is 0.238 e. The van der Waals surface area contributed by atoms with Crippen molar-refractivity contribution >= 4 is 23.4 Å². The van der Waals surface area contributed by atoms with Gasteiger partial charge in [-0.15, -0.1) is 0 Å². The number of carbonyl (C=O) groups is 2. The smallest absolute Gasteiger partial charge is 0.238 e. The highest BCUT2D eigenvalue weighted by molar-refractivity contribution is 6.30. The number of hydrogen-bond donors (Lipinski definition) is 1. The van der Waals surface area contributed by atoms with Crippen molar-refractivity contribution in [2.75, 3.05) is 19.6 Å². The molecular weight excluding hydrogens is 324 g/mol. The lowest BCUT2D eigenvalue weighted by Gasteiger charge is -2.25. The molecule has 2 aliphatic rings. The van der Waals surface area contributed by atoms with E-state index in [0.717, 1.165) is 37.9 Å². The van der Waals surface area contributed by atoms with E-state index in [1.54, 1.807) is 0 Å². The van der Waals surface area contributed by atoms with E-state index in [-0.39, 0.29) is 11.8 Å². The van der Waals surface area contributed by atoms with Gasteiger partial charge < -0.3 is 10.2 Å². The van der Waals surface area contributed by atoms with Gasteiger partial charge in [-0.3, -0.25) is 9.59 Å². The quantitative estimate of drug-likeness (QED) is 0.831. The second-order valence-corrected chi connectivity index (χ2v) is 7.36. The van der Waals surface area contributed by atoms with Crippen molar-refractivity contribution < 1.29 is 9.59 Å². The van der Waals surface area contributed by atoms with E-state index in [1.807, 2.05) is 29.2 Å². The minimum absolute atomic E-state index is 0.0494. The monoisotopic (exact) mass is 348 g/mol. The van der Waals surface area contributed by atoms with Gasteiger partial charge in [0.2, 0.25) is 11.8 Å². The summed E-state index contributed by atoms with van der Waals surface area (Å²) >= 11 is 5.87. The summed E-state index contributed by atoms with van der Waals surface area (Å²) in [6, 6.07) is 7.63. The first-order valence-electron chi connectivity index (χ1n) is 8.94. The molecule has 2 amide bonds. The van der Waals surface area contributed by atoms with Crippen LogP contribution >= 0.6 is 11.6 Å². The zero-order valence-electron chi connectivity index (χ0n) is 14.0. The number of rotatable bonds is 5. The van der Waals surface area contributed by atoms with Gasteiger partial charge in [0, 0.05) is 24.7 Å². The van der Waals surface area contributed by atoms with Gasteiger partial charge in [0.15, 0.2) is 0 Å². The molecule has 0 unspecified atom stereocenters. The number of nitrogens with one attached hydrogen (secondary N) is 1. The van der Waals surface area contributed by atoms with Crippen molar-refractivity contribution in [3.05, 3.63) is 34.9 Å². The Morgan fingerprint density at radius 2 is 1.67 bits per heavy atom. The molecule has 1 saturated carbocycles. The van der Waals surface area contributed by atoms with Gasteiger partial charge in [0.05, 0.1) is 0 Å². The standard InChI is InChI=1S/C19H25ClN2O2/c20-16-7-5-15(6-8-16)9-12-21-17(23)19(10-11-19)18(24)22-13-3-1-2-4-14-22/h5-8H,1-4,9-14H2,(H,21,23). The van der Waals surface area contributed by atoms with E-state index < -0.39 is 5.41 Å². The normalized spacial score (nSPS) is 19.5. The Labute approximate surface area is 148 Å². The fourth-order valence-electron chi connectivity index (χ4n) is 3.38. The Morgan fingerprint density at radius 1 is 1.04 bits per heavy atom. The molecule has 1 aliphatic heterocycles. The molecule has 1 aromatic carbocycles. The minimum atomic E-state index is -0.773. The number of halogens is 1. The van der Waals surface area contributed by atoms with Crippen LogP contribution in [0.4, 0.5) is 0 Å². The van der Waals surface area contributed by atoms with Crippen LogP contribution < -0.4 is 5.32 Å². The molecule has 1 heterocycles. The van der Waals surface area contributed by atoms with Crippen LogP contribution in [0.15, 0.2) is 24.3 Å². The predicted octanol–water partition coefficient (Wildman–Crippen LogP) is 3.18. The molecule has 2 fully saturated rings. The Kier molecular flexibility index (Phi) is 5.44. The molecule has 0 bridgehead atoms. The Morgan fingerprint density at radius 3 is 2.25 bits per heavy atom. The van der Waals surface area contributed by atoms with Crippen LogP contribution in [0.5, 0.6) is 0 Å². The van der Waals surface area contributed by atoms with Crippen LogP contribution in [0.1, 0.15) is 44.1 Å². The second-order valence-electron chi connectivity index (χ2n) is 6.92. The summed E-state index contributed by atoms with van der Waals surface area (Å²) in [5.74, 6) is -0.0425. The summed E-state index contributed by atoms with van der Waals surface area (Å²) in [6.07, 6.45) is 6.61. The summed E-state index contributed by atoms with van der Waals surface area (Å²) in [5.41, 5.74) is 0.355. The molecule has 1 N–H and O–H groups in total. The topological polar surface area (TPSA) is 49.4 Å². The van der Waals surface area contributed by atoms with Crippen LogP contribution in [-0.2, 0) is 16.0 Å². The Balaban J connectivity index is 1.51. The van der Waals surface area contributed by atoms with Crippen molar-refractivity contribution in [3.8, 4) is 0 Å². The van der Waals surface area contributed by atoms with Gasteiger partial charge in [-0.2, -0.15) is 0 Å². The number of nitrogens with zero attached hydrogens (tertiary/aromatic N) is 1. The summed E-state index contributed by atoms with van der Waals surface area (Å²) in [5, 5.41) is 3.68. The molecule has 0 aromatic heterocycles. The van der Waals surface area contributed by atoms with E-state index in [1.165, 1.54) is 12.8 Å². The lowest BCUT2D eigenvalue weighted by molar-refractivity contribution is -0.144. The number of hydrogen-bond acceptors (Lipinski definition) is 2. The molecule has 5 heteroatoms. The van der Waals surface area contributed by atoms with E-state index >= 15 is 0 Å². The van der Waals surface area contributed by atoms with Crippen LogP contribution in [-0.4, -0.2) is 36.3 Å². The fourth-order valence-corrected chi connectivity index (χ4v) is 3.51. The zero-order chi connectivity index (χ0) is 17.0. The average molecular weight is 349 g/mol. The molecule has 3 rings (SSSR count). The summed E-state index contributed by atoms with van der Waals surface area (Å²) in [4.78, 5) is 27.3. The lowest BCUT2D eigenvalue weighted by atomic mass is 10.0. The third kappa shape index (κ3) is 3.92. The van der Waals surface area contributed by atoms with Gasteiger partial charge in [0.25, 0.3) is 0 Å². The van der Waals surface area contributed by atoms with Crippen LogP contribution in [0.2, 0.25) is 5.02 Å². The van der Waals surface area contributed by atoms with Crippen molar-refractivity contribution in [3.63, 3.8) is 0 Å².